The number of rotatable bonds is 1. The van der Waals surface area contributed by atoms with Gasteiger partial charge in [-0.1, -0.05) is 0 Å². The molecule has 3 aliphatic rings. The van der Waals surface area contributed by atoms with Crippen LogP contribution in [0.4, 0.5) is 10.5 Å². The molecule has 3 aliphatic heterocycles. The highest BCUT2D eigenvalue weighted by atomic mass is 16.7. The maximum atomic E-state index is 12.2. The zero-order valence-corrected chi connectivity index (χ0v) is 10.8. The number of nitrogens with zero attached hydrogens (tertiary/aromatic N) is 3. The fourth-order valence-corrected chi connectivity index (χ4v) is 2.52. The molecule has 1 aromatic rings. The first-order valence-electron chi connectivity index (χ1n) is 6.64. The first kappa shape index (κ1) is 11.5. The van der Waals surface area contributed by atoms with Gasteiger partial charge in [-0.2, -0.15) is 10.2 Å². The van der Waals surface area contributed by atoms with E-state index in [9.17, 15) is 4.79 Å². The lowest BCUT2D eigenvalue weighted by molar-refractivity contribution is 0.174. The topological polar surface area (TPSA) is 75.5 Å². The highest BCUT2D eigenvalue weighted by Gasteiger charge is 2.43. The van der Waals surface area contributed by atoms with Gasteiger partial charge in [0, 0.05) is 37.7 Å². The van der Waals surface area contributed by atoms with E-state index in [1.54, 1.807) is 17.0 Å². The van der Waals surface area contributed by atoms with E-state index in [0.29, 0.717) is 30.3 Å². The van der Waals surface area contributed by atoms with Gasteiger partial charge in [0.05, 0.1) is 0 Å². The predicted molar refractivity (Wildman–Crippen MR) is 70.0 cm³/mol. The third-order valence-electron chi connectivity index (χ3n) is 3.86. The minimum atomic E-state index is -0.157. The Balaban J connectivity index is 1.40. The Kier molecular flexibility index (Phi) is 2.35. The fraction of sp³-hybridized carbons (Fsp3) is 0.462. The summed E-state index contributed by atoms with van der Waals surface area (Å²) in [6, 6.07) is 5.28. The lowest BCUT2D eigenvalue weighted by Crippen LogP contribution is -2.43. The van der Waals surface area contributed by atoms with Gasteiger partial charge in [-0.05, 0) is 12.1 Å². The first-order valence-corrected chi connectivity index (χ1v) is 6.64. The molecule has 0 bridgehead atoms. The maximum Gasteiger partial charge on any atom is 0.321 e. The number of anilines is 1. The van der Waals surface area contributed by atoms with Gasteiger partial charge in [0.15, 0.2) is 17.2 Å². The second kappa shape index (κ2) is 4.09. The minimum absolute atomic E-state index is 0.0978. The zero-order chi connectivity index (χ0) is 13.6. The van der Waals surface area contributed by atoms with Crippen LogP contribution >= 0.6 is 0 Å². The smallest absolute Gasteiger partial charge is 0.321 e. The van der Waals surface area contributed by atoms with Crippen molar-refractivity contribution in [2.75, 3.05) is 25.2 Å². The summed E-state index contributed by atoms with van der Waals surface area (Å²) in [6.07, 6.45) is 1.64. The molecule has 1 aromatic carbocycles. The Morgan fingerprint density at radius 2 is 1.95 bits per heavy atom. The SMILES string of the molecule is O=C(Nc1ccc2c(c1)OCO2)N1CCC2(CC1)N=N2. The van der Waals surface area contributed by atoms with Crippen LogP contribution in [0.2, 0.25) is 0 Å². The molecule has 0 unspecified atom stereocenters. The number of urea groups is 1. The molecule has 1 fully saturated rings. The van der Waals surface area contributed by atoms with Crippen LogP contribution in [-0.2, 0) is 0 Å². The van der Waals surface area contributed by atoms with Crippen molar-refractivity contribution in [2.45, 2.75) is 18.5 Å². The molecule has 104 valence electrons. The maximum absolute atomic E-state index is 12.2. The van der Waals surface area contributed by atoms with E-state index in [1.165, 1.54) is 0 Å². The summed E-state index contributed by atoms with van der Waals surface area (Å²) in [5, 5.41) is 11.0. The molecule has 7 nitrogen and oxygen atoms in total. The molecule has 3 heterocycles. The Hall–Kier alpha value is -2.31. The van der Waals surface area contributed by atoms with Crippen LogP contribution in [0.25, 0.3) is 0 Å². The van der Waals surface area contributed by atoms with Crippen molar-refractivity contribution in [3.63, 3.8) is 0 Å². The van der Waals surface area contributed by atoms with E-state index in [0.717, 1.165) is 12.8 Å². The number of nitrogens with one attached hydrogen (secondary N) is 1. The number of ether oxygens (including phenoxy) is 2. The summed E-state index contributed by atoms with van der Waals surface area (Å²) < 4.78 is 10.5. The molecule has 0 saturated carbocycles. The van der Waals surface area contributed by atoms with E-state index in [4.69, 9.17) is 9.47 Å². The number of benzene rings is 1. The summed E-state index contributed by atoms with van der Waals surface area (Å²) >= 11 is 0. The van der Waals surface area contributed by atoms with Gasteiger partial charge >= 0.3 is 6.03 Å². The van der Waals surface area contributed by atoms with Crippen molar-refractivity contribution < 1.29 is 14.3 Å². The van der Waals surface area contributed by atoms with Crippen molar-refractivity contribution in [2.24, 2.45) is 10.2 Å². The molecule has 0 aliphatic carbocycles. The van der Waals surface area contributed by atoms with Crippen molar-refractivity contribution in [1.29, 1.82) is 0 Å². The summed E-state index contributed by atoms with van der Waals surface area (Å²) in [7, 11) is 0. The second-order valence-electron chi connectivity index (χ2n) is 5.17. The van der Waals surface area contributed by atoms with Gasteiger partial charge in [-0.3, -0.25) is 0 Å². The summed E-state index contributed by atoms with van der Waals surface area (Å²) in [5.74, 6) is 1.37. The van der Waals surface area contributed by atoms with Gasteiger partial charge in [0.2, 0.25) is 6.79 Å². The van der Waals surface area contributed by atoms with Crippen LogP contribution in [0, 0.1) is 0 Å². The van der Waals surface area contributed by atoms with E-state index < -0.39 is 0 Å². The highest BCUT2D eigenvalue weighted by Crippen LogP contribution is 2.38. The summed E-state index contributed by atoms with van der Waals surface area (Å²) in [5.41, 5.74) is 0.551. The van der Waals surface area contributed by atoms with Gasteiger partial charge in [0.1, 0.15) is 0 Å². The monoisotopic (exact) mass is 274 g/mol. The Morgan fingerprint density at radius 3 is 2.70 bits per heavy atom. The third kappa shape index (κ3) is 1.95. The van der Waals surface area contributed by atoms with Crippen molar-refractivity contribution in [3.8, 4) is 11.5 Å². The van der Waals surface area contributed by atoms with E-state index in [1.807, 2.05) is 6.07 Å². The molecule has 0 aromatic heterocycles. The van der Waals surface area contributed by atoms with E-state index >= 15 is 0 Å². The average molecular weight is 274 g/mol. The lowest BCUT2D eigenvalue weighted by atomic mass is 10.0. The number of hydrogen-bond acceptors (Lipinski definition) is 5. The predicted octanol–water partition coefficient (Wildman–Crippen LogP) is 2.21. The number of likely N-dealkylation sites (tertiary alicyclic amines) is 1. The third-order valence-corrected chi connectivity index (χ3v) is 3.86. The van der Waals surface area contributed by atoms with Crippen LogP contribution in [0.5, 0.6) is 11.5 Å². The van der Waals surface area contributed by atoms with Gasteiger partial charge in [0.25, 0.3) is 0 Å². The Bertz CT molecular complexity index is 585. The molecular formula is C13H14N4O3. The molecule has 1 spiro atoms. The number of amides is 2. The molecular weight excluding hydrogens is 260 g/mol. The number of carbonyl (C=O) groups excluding carboxylic acids is 1. The van der Waals surface area contributed by atoms with Crippen molar-refractivity contribution >= 4 is 11.7 Å². The van der Waals surface area contributed by atoms with Crippen molar-refractivity contribution in [1.82, 2.24) is 4.90 Å². The number of piperidine rings is 1. The number of carbonyl (C=O) groups is 1. The summed E-state index contributed by atoms with van der Waals surface area (Å²) in [4.78, 5) is 14.0. The first-order chi connectivity index (χ1) is 9.74. The quantitative estimate of drug-likeness (QED) is 0.853. The van der Waals surface area contributed by atoms with Gasteiger partial charge in [-0.15, -0.1) is 0 Å². The van der Waals surface area contributed by atoms with Crippen LogP contribution in [0.1, 0.15) is 12.8 Å². The van der Waals surface area contributed by atoms with Crippen LogP contribution in [0.15, 0.2) is 28.4 Å². The lowest BCUT2D eigenvalue weighted by Gasteiger charge is -2.29. The molecule has 4 rings (SSSR count). The van der Waals surface area contributed by atoms with E-state index in [2.05, 4.69) is 15.5 Å². The molecule has 7 heteroatoms. The minimum Gasteiger partial charge on any atom is -0.454 e. The Morgan fingerprint density at radius 1 is 1.20 bits per heavy atom. The number of hydrogen-bond donors (Lipinski definition) is 1. The molecule has 0 atom stereocenters. The van der Waals surface area contributed by atoms with Crippen LogP contribution in [-0.4, -0.2) is 36.5 Å². The molecule has 0 radical (unpaired) electrons. The molecule has 1 N–H and O–H groups in total. The Labute approximate surface area is 115 Å². The fourth-order valence-electron chi connectivity index (χ4n) is 2.52. The molecule has 2 amide bonds. The van der Waals surface area contributed by atoms with Gasteiger partial charge < -0.3 is 19.7 Å². The normalized spacial score (nSPS) is 21.1. The standard InChI is InChI=1S/C13H14N4O3/c18-12(17-5-3-13(4-6-17)15-16-13)14-9-1-2-10-11(7-9)20-8-19-10/h1-2,7H,3-6,8H2,(H,14,18). The number of fused-ring (bicyclic) bond motifs is 1. The van der Waals surface area contributed by atoms with Crippen molar-refractivity contribution in [3.05, 3.63) is 18.2 Å². The zero-order valence-electron chi connectivity index (χ0n) is 10.8. The summed E-state index contributed by atoms with van der Waals surface area (Å²) in [6.45, 7) is 1.60. The largest absolute Gasteiger partial charge is 0.454 e. The van der Waals surface area contributed by atoms with E-state index in [-0.39, 0.29) is 18.5 Å². The van der Waals surface area contributed by atoms with Crippen LogP contribution < -0.4 is 14.8 Å². The highest BCUT2D eigenvalue weighted by molar-refractivity contribution is 5.89. The molecule has 20 heavy (non-hydrogen) atoms. The second-order valence-corrected chi connectivity index (χ2v) is 5.17. The van der Waals surface area contributed by atoms with Crippen LogP contribution in [0.3, 0.4) is 0 Å². The average Bonchev–Trinajstić information content (AvgIpc) is 3.04. The van der Waals surface area contributed by atoms with Gasteiger partial charge in [-0.25, -0.2) is 4.79 Å². The molecule has 1 saturated heterocycles.